The van der Waals surface area contributed by atoms with Crippen LogP contribution in [0.3, 0.4) is 0 Å². The predicted octanol–water partition coefficient (Wildman–Crippen LogP) is 1.51. The fourth-order valence-corrected chi connectivity index (χ4v) is 1.97. The van der Waals surface area contributed by atoms with Crippen LogP contribution in [0.25, 0.3) is 0 Å². The summed E-state index contributed by atoms with van der Waals surface area (Å²) in [5.74, 6) is -0.177. The summed E-state index contributed by atoms with van der Waals surface area (Å²) in [6.07, 6.45) is 5.35. The van der Waals surface area contributed by atoms with E-state index in [4.69, 9.17) is 0 Å². The number of nitrogens with one attached hydrogen (secondary N) is 1. The molecular formula is C11H11N3OS. The van der Waals surface area contributed by atoms with Crippen molar-refractivity contribution in [1.29, 1.82) is 0 Å². The van der Waals surface area contributed by atoms with Crippen molar-refractivity contribution in [2.75, 3.05) is 6.54 Å². The number of aromatic nitrogens is 2. The van der Waals surface area contributed by atoms with Gasteiger partial charge >= 0.3 is 0 Å². The molecule has 0 saturated carbocycles. The molecule has 0 saturated heterocycles. The van der Waals surface area contributed by atoms with Crippen LogP contribution in [0.4, 0.5) is 0 Å². The van der Waals surface area contributed by atoms with Crippen LogP contribution in [0.5, 0.6) is 0 Å². The number of carbonyl (C=O) groups is 1. The summed E-state index contributed by atoms with van der Waals surface area (Å²) in [6.45, 7) is 0.617. The monoisotopic (exact) mass is 233 g/mol. The first-order valence-corrected chi connectivity index (χ1v) is 5.86. The smallest absolute Gasteiger partial charge is 0.271 e. The van der Waals surface area contributed by atoms with E-state index < -0.39 is 0 Å². The van der Waals surface area contributed by atoms with E-state index in [1.54, 1.807) is 17.5 Å². The molecule has 0 unspecified atom stereocenters. The Hall–Kier alpha value is -1.75. The first-order valence-electron chi connectivity index (χ1n) is 4.91. The van der Waals surface area contributed by atoms with Gasteiger partial charge in [-0.15, -0.1) is 0 Å². The Morgan fingerprint density at radius 2 is 2.38 bits per heavy atom. The molecule has 4 nitrogen and oxygen atoms in total. The second-order valence-electron chi connectivity index (χ2n) is 3.23. The van der Waals surface area contributed by atoms with E-state index in [0.717, 1.165) is 6.42 Å². The third kappa shape index (κ3) is 2.87. The number of nitrogens with zero attached hydrogens (tertiary/aromatic N) is 2. The van der Waals surface area contributed by atoms with E-state index in [1.807, 2.05) is 5.38 Å². The highest BCUT2D eigenvalue weighted by atomic mass is 32.1. The van der Waals surface area contributed by atoms with Gasteiger partial charge < -0.3 is 5.32 Å². The highest BCUT2D eigenvalue weighted by molar-refractivity contribution is 7.07. The van der Waals surface area contributed by atoms with Gasteiger partial charge in [0.1, 0.15) is 5.69 Å². The van der Waals surface area contributed by atoms with Crippen molar-refractivity contribution in [2.45, 2.75) is 6.42 Å². The predicted molar refractivity (Wildman–Crippen MR) is 62.4 cm³/mol. The maximum Gasteiger partial charge on any atom is 0.271 e. The normalized spacial score (nSPS) is 10.0. The van der Waals surface area contributed by atoms with Gasteiger partial charge in [-0.25, -0.2) is 4.98 Å². The van der Waals surface area contributed by atoms with Crippen molar-refractivity contribution in [1.82, 2.24) is 15.3 Å². The highest BCUT2D eigenvalue weighted by Gasteiger charge is 2.05. The van der Waals surface area contributed by atoms with Crippen LogP contribution < -0.4 is 5.32 Å². The molecule has 0 atom stereocenters. The summed E-state index contributed by atoms with van der Waals surface area (Å²) in [6, 6.07) is 2.05. The molecule has 0 radical (unpaired) electrons. The van der Waals surface area contributed by atoms with E-state index in [0.29, 0.717) is 12.2 Å². The van der Waals surface area contributed by atoms with Crippen molar-refractivity contribution in [3.8, 4) is 0 Å². The second kappa shape index (κ2) is 5.37. The number of carbonyl (C=O) groups excluding carboxylic acids is 1. The third-order valence-electron chi connectivity index (χ3n) is 2.08. The van der Waals surface area contributed by atoms with Crippen molar-refractivity contribution in [3.63, 3.8) is 0 Å². The highest BCUT2D eigenvalue weighted by Crippen LogP contribution is 2.05. The van der Waals surface area contributed by atoms with Crippen LogP contribution in [0.2, 0.25) is 0 Å². The van der Waals surface area contributed by atoms with Gasteiger partial charge in [0.05, 0.1) is 6.20 Å². The minimum absolute atomic E-state index is 0.177. The summed E-state index contributed by atoms with van der Waals surface area (Å²) >= 11 is 1.66. The first-order chi connectivity index (χ1) is 7.86. The lowest BCUT2D eigenvalue weighted by Gasteiger charge is -2.02. The van der Waals surface area contributed by atoms with Gasteiger partial charge in [0.15, 0.2) is 0 Å². The average Bonchev–Trinajstić information content (AvgIpc) is 2.83. The Morgan fingerprint density at radius 3 is 3.06 bits per heavy atom. The topological polar surface area (TPSA) is 54.9 Å². The van der Waals surface area contributed by atoms with Crippen LogP contribution in [-0.2, 0) is 6.42 Å². The van der Waals surface area contributed by atoms with Crippen LogP contribution in [0.1, 0.15) is 16.1 Å². The van der Waals surface area contributed by atoms with E-state index in [-0.39, 0.29) is 5.91 Å². The quantitative estimate of drug-likeness (QED) is 0.871. The molecule has 2 rings (SSSR count). The van der Waals surface area contributed by atoms with Crippen LogP contribution in [0, 0.1) is 0 Å². The molecule has 1 amide bonds. The van der Waals surface area contributed by atoms with Gasteiger partial charge in [0.25, 0.3) is 5.91 Å². The van der Waals surface area contributed by atoms with Crippen molar-refractivity contribution >= 4 is 17.2 Å². The first kappa shape index (κ1) is 10.8. The number of thiophene rings is 1. The molecule has 0 aliphatic carbocycles. The Morgan fingerprint density at radius 1 is 1.44 bits per heavy atom. The zero-order valence-corrected chi connectivity index (χ0v) is 9.41. The minimum atomic E-state index is -0.177. The fourth-order valence-electron chi connectivity index (χ4n) is 1.26. The molecule has 0 aliphatic rings. The van der Waals surface area contributed by atoms with E-state index in [9.17, 15) is 4.79 Å². The van der Waals surface area contributed by atoms with Crippen LogP contribution >= 0.6 is 11.3 Å². The third-order valence-corrected chi connectivity index (χ3v) is 2.81. The minimum Gasteiger partial charge on any atom is -0.350 e. The maximum absolute atomic E-state index is 11.6. The Labute approximate surface area is 97.4 Å². The standard InChI is InChI=1S/C11H11N3OS/c15-11(10-7-12-4-5-13-10)14-3-1-9-2-6-16-8-9/h2,4-8H,1,3H2,(H,14,15). The molecule has 2 aromatic heterocycles. The SMILES string of the molecule is O=C(NCCc1ccsc1)c1cnccn1. The fraction of sp³-hybridized carbons (Fsp3) is 0.182. The van der Waals surface area contributed by atoms with Crippen molar-refractivity contribution < 1.29 is 4.79 Å². The molecular weight excluding hydrogens is 222 g/mol. The number of hydrogen-bond donors (Lipinski definition) is 1. The van der Waals surface area contributed by atoms with Crippen molar-refractivity contribution in [2.24, 2.45) is 0 Å². The number of hydrogen-bond acceptors (Lipinski definition) is 4. The molecule has 1 N–H and O–H groups in total. The van der Waals surface area contributed by atoms with Crippen LogP contribution in [-0.4, -0.2) is 22.4 Å². The van der Waals surface area contributed by atoms with Gasteiger partial charge in [-0.2, -0.15) is 11.3 Å². The summed E-state index contributed by atoms with van der Waals surface area (Å²) in [5.41, 5.74) is 1.59. The largest absolute Gasteiger partial charge is 0.350 e. The molecule has 0 aliphatic heterocycles. The molecule has 0 aromatic carbocycles. The number of rotatable bonds is 4. The number of amides is 1. The van der Waals surface area contributed by atoms with Crippen molar-refractivity contribution in [3.05, 3.63) is 46.7 Å². The second-order valence-corrected chi connectivity index (χ2v) is 4.01. The molecule has 82 valence electrons. The summed E-state index contributed by atoms with van der Waals surface area (Å²) < 4.78 is 0. The van der Waals surface area contributed by atoms with Gasteiger partial charge in [0.2, 0.25) is 0 Å². The lowest BCUT2D eigenvalue weighted by Crippen LogP contribution is -2.26. The molecule has 0 fully saturated rings. The average molecular weight is 233 g/mol. The zero-order chi connectivity index (χ0) is 11.2. The van der Waals surface area contributed by atoms with Gasteiger partial charge in [0, 0.05) is 18.9 Å². The van der Waals surface area contributed by atoms with Crippen LogP contribution in [0.15, 0.2) is 35.4 Å². The Balaban J connectivity index is 1.81. The maximum atomic E-state index is 11.6. The molecule has 2 heterocycles. The summed E-state index contributed by atoms with van der Waals surface area (Å²) in [5, 5.41) is 6.91. The Bertz CT molecular complexity index is 442. The van der Waals surface area contributed by atoms with E-state index in [1.165, 1.54) is 18.0 Å². The van der Waals surface area contributed by atoms with E-state index in [2.05, 4.69) is 26.7 Å². The van der Waals surface area contributed by atoms with Gasteiger partial charge in [-0.05, 0) is 28.8 Å². The molecule has 0 spiro atoms. The molecule has 2 aromatic rings. The lowest BCUT2D eigenvalue weighted by molar-refractivity contribution is 0.0949. The summed E-state index contributed by atoms with van der Waals surface area (Å²) in [7, 11) is 0. The summed E-state index contributed by atoms with van der Waals surface area (Å²) in [4.78, 5) is 19.3. The Kier molecular flexibility index (Phi) is 3.61. The van der Waals surface area contributed by atoms with Gasteiger partial charge in [-0.3, -0.25) is 9.78 Å². The zero-order valence-electron chi connectivity index (χ0n) is 8.59. The van der Waals surface area contributed by atoms with E-state index >= 15 is 0 Å². The molecule has 16 heavy (non-hydrogen) atoms. The van der Waals surface area contributed by atoms with Gasteiger partial charge in [-0.1, -0.05) is 0 Å². The molecule has 5 heteroatoms. The lowest BCUT2D eigenvalue weighted by atomic mass is 10.2. The molecule has 0 bridgehead atoms.